The molecule has 0 saturated carbocycles. The van der Waals surface area contributed by atoms with Gasteiger partial charge in [0.25, 0.3) is 0 Å². The lowest BCUT2D eigenvalue weighted by Crippen LogP contribution is -2.19. The van der Waals surface area contributed by atoms with Crippen LogP contribution in [-0.4, -0.2) is 23.6 Å². The van der Waals surface area contributed by atoms with Crippen LogP contribution in [0.2, 0.25) is 0 Å². The fourth-order valence-corrected chi connectivity index (χ4v) is 3.86. The second-order valence-corrected chi connectivity index (χ2v) is 7.41. The molecule has 0 spiro atoms. The van der Waals surface area contributed by atoms with Crippen molar-refractivity contribution < 1.29 is 0 Å². The molecule has 1 unspecified atom stereocenters. The van der Waals surface area contributed by atoms with E-state index < -0.39 is 0 Å². The lowest BCUT2D eigenvalue weighted by Gasteiger charge is -2.14. The molecule has 2 rings (SSSR count). The lowest BCUT2D eigenvalue weighted by molar-refractivity contribution is 0.575. The van der Waals surface area contributed by atoms with Crippen molar-refractivity contribution in [2.45, 2.75) is 46.7 Å². The highest BCUT2D eigenvalue weighted by molar-refractivity contribution is 7.15. The highest BCUT2D eigenvalue weighted by atomic mass is 32.1. The molecular formula is C15H24N4S2. The Morgan fingerprint density at radius 2 is 2.10 bits per heavy atom. The van der Waals surface area contributed by atoms with Crippen molar-refractivity contribution in [2.24, 2.45) is 0 Å². The summed E-state index contributed by atoms with van der Waals surface area (Å²) in [5.41, 5.74) is 2.25. The van der Waals surface area contributed by atoms with Crippen molar-refractivity contribution >= 4 is 27.8 Å². The van der Waals surface area contributed by atoms with E-state index in [1.165, 1.54) is 4.88 Å². The summed E-state index contributed by atoms with van der Waals surface area (Å²) in [7, 11) is 2.08. The third-order valence-corrected chi connectivity index (χ3v) is 5.58. The van der Waals surface area contributed by atoms with Gasteiger partial charge in [-0.15, -0.1) is 22.7 Å². The smallest absolute Gasteiger partial charge is 0.185 e. The normalized spacial score (nSPS) is 12.6. The van der Waals surface area contributed by atoms with Crippen LogP contribution < -0.4 is 10.2 Å². The van der Waals surface area contributed by atoms with Crippen LogP contribution in [0.3, 0.4) is 0 Å². The van der Waals surface area contributed by atoms with Gasteiger partial charge in [-0.05, 0) is 33.7 Å². The molecule has 1 atom stereocenters. The van der Waals surface area contributed by atoms with Crippen molar-refractivity contribution in [3.05, 3.63) is 26.7 Å². The maximum absolute atomic E-state index is 4.72. The van der Waals surface area contributed by atoms with Crippen LogP contribution in [0, 0.1) is 13.8 Å². The minimum atomic E-state index is 0.367. The Hall–Kier alpha value is -0.980. The number of nitrogens with one attached hydrogen (secondary N) is 1. The molecule has 0 aliphatic rings. The molecule has 2 aromatic rings. The molecule has 0 bridgehead atoms. The molecule has 0 fully saturated rings. The molecule has 6 heteroatoms. The van der Waals surface area contributed by atoms with Gasteiger partial charge in [-0.3, -0.25) is 0 Å². The topological polar surface area (TPSA) is 41.0 Å². The first-order valence-corrected chi connectivity index (χ1v) is 9.03. The molecule has 2 aromatic heterocycles. The minimum absolute atomic E-state index is 0.367. The molecule has 2 heterocycles. The van der Waals surface area contributed by atoms with Crippen molar-refractivity contribution in [3.8, 4) is 0 Å². The number of hydrogen-bond acceptors (Lipinski definition) is 6. The highest BCUT2D eigenvalue weighted by Crippen LogP contribution is 2.30. The average Bonchev–Trinajstić information content (AvgIpc) is 3.02. The first-order chi connectivity index (χ1) is 10.0. The third kappa shape index (κ3) is 4.25. The van der Waals surface area contributed by atoms with Gasteiger partial charge < -0.3 is 10.2 Å². The van der Waals surface area contributed by atoms with E-state index in [1.54, 1.807) is 22.7 Å². The lowest BCUT2D eigenvalue weighted by atomic mass is 10.2. The predicted octanol–water partition coefficient (Wildman–Crippen LogP) is 3.91. The van der Waals surface area contributed by atoms with E-state index in [0.29, 0.717) is 6.04 Å². The van der Waals surface area contributed by atoms with Gasteiger partial charge in [0.1, 0.15) is 0 Å². The van der Waals surface area contributed by atoms with E-state index in [0.717, 1.165) is 41.0 Å². The Labute approximate surface area is 135 Å². The van der Waals surface area contributed by atoms with Crippen LogP contribution in [-0.2, 0) is 6.54 Å². The standard InChI is InChI=1S/C15H24N4S2/c1-6-7-16-10(2)14-11(3)17-15(21-14)19(5)8-13-9-20-12(4)18-13/h9-10,16H,6-8H2,1-5H3. The number of thiazole rings is 2. The first kappa shape index (κ1) is 16.4. The third-order valence-electron chi connectivity index (χ3n) is 3.31. The summed E-state index contributed by atoms with van der Waals surface area (Å²) >= 11 is 3.48. The second kappa shape index (κ2) is 7.33. The summed E-state index contributed by atoms with van der Waals surface area (Å²) in [6.45, 7) is 10.4. The molecule has 0 aliphatic heterocycles. The summed E-state index contributed by atoms with van der Waals surface area (Å²) in [6, 6.07) is 0.367. The van der Waals surface area contributed by atoms with Gasteiger partial charge in [-0.2, -0.15) is 0 Å². The summed E-state index contributed by atoms with van der Waals surface area (Å²) in [5, 5.41) is 7.84. The fraction of sp³-hybridized carbons (Fsp3) is 0.600. The molecule has 0 amide bonds. The van der Waals surface area contributed by atoms with Gasteiger partial charge in [-0.25, -0.2) is 9.97 Å². The van der Waals surface area contributed by atoms with Gasteiger partial charge in [0, 0.05) is 23.3 Å². The van der Waals surface area contributed by atoms with Crippen LogP contribution in [0.4, 0.5) is 5.13 Å². The fourth-order valence-electron chi connectivity index (χ4n) is 2.20. The molecule has 0 aromatic carbocycles. The predicted molar refractivity (Wildman–Crippen MR) is 92.5 cm³/mol. The number of aryl methyl sites for hydroxylation is 2. The summed E-state index contributed by atoms with van der Waals surface area (Å²) in [4.78, 5) is 12.8. The van der Waals surface area contributed by atoms with Crippen molar-refractivity contribution in [1.29, 1.82) is 0 Å². The number of hydrogen-bond donors (Lipinski definition) is 1. The van der Waals surface area contributed by atoms with Gasteiger partial charge in [0.2, 0.25) is 0 Å². The maximum atomic E-state index is 4.72. The summed E-state index contributed by atoms with van der Waals surface area (Å²) in [5.74, 6) is 0. The van der Waals surface area contributed by atoms with Crippen LogP contribution in [0.5, 0.6) is 0 Å². The van der Waals surface area contributed by atoms with E-state index in [2.05, 4.69) is 48.4 Å². The van der Waals surface area contributed by atoms with Gasteiger partial charge in [0.15, 0.2) is 5.13 Å². The molecule has 0 saturated heterocycles. The summed E-state index contributed by atoms with van der Waals surface area (Å²) < 4.78 is 0. The zero-order chi connectivity index (χ0) is 15.4. The Morgan fingerprint density at radius 1 is 1.33 bits per heavy atom. The average molecular weight is 325 g/mol. The number of rotatable bonds is 7. The maximum Gasteiger partial charge on any atom is 0.185 e. The molecule has 116 valence electrons. The Kier molecular flexibility index (Phi) is 5.72. The largest absolute Gasteiger partial charge is 0.345 e. The molecule has 1 N–H and O–H groups in total. The van der Waals surface area contributed by atoms with Crippen LogP contribution in [0.1, 0.15) is 47.6 Å². The number of anilines is 1. The van der Waals surface area contributed by atoms with E-state index in [4.69, 9.17) is 4.98 Å². The zero-order valence-corrected chi connectivity index (χ0v) is 15.1. The van der Waals surface area contributed by atoms with Crippen LogP contribution >= 0.6 is 22.7 Å². The zero-order valence-electron chi connectivity index (χ0n) is 13.4. The number of aromatic nitrogens is 2. The van der Waals surface area contributed by atoms with Crippen molar-refractivity contribution in [3.63, 3.8) is 0 Å². The molecular weight excluding hydrogens is 300 g/mol. The van der Waals surface area contributed by atoms with E-state index >= 15 is 0 Å². The van der Waals surface area contributed by atoms with E-state index in [1.807, 2.05) is 6.92 Å². The second-order valence-electron chi connectivity index (χ2n) is 5.34. The Balaban J connectivity index is 2.06. The van der Waals surface area contributed by atoms with Crippen molar-refractivity contribution in [1.82, 2.24) is 15.3 Å². The quantitative estimate of drug-likeness (QED) is 0.838. The molecule has 4 nitrogen and oxygen atoms in total. The first-order valence-electron chi connectivity index (χ1n) is 7.34. The Morgan fingerprint density at radius 3 is 2.71 bits per heavy atom. The van der Waals surface area contributed by atoms with Crippen LogP contribution in [0.25, 0.3) is 0 Å². The van der Waals surface area contributed by atoms with E-state index in [9.17, 15) is 0 Å². The summed E-state index contributed by atoms with van der Waals surface area (Å²) in [6.07, 6.45) is 1.15. The van der Waals surface area contributed by atoms with Crippen molar-refractivity contribution in [2.75, 3.05) is 18.5 Å². The molecule has 0 aliphatic carbocycles. The highest BCUT2D eigenvalue weighted by Gasteiger charge is 2.16. The molecule has 21 heavy (non-hydrogen) atoms. The molecule has 0 radical (unpaired) electrons. The van der Waals surface area contributed by atoms with Gasteiger partial charge in [-0.1, -0.05) is 6.92 Å². The SMILES string of the molecule is CCCNC(C)c1sc(N(C)Cc2csc(C)n2)nc1C. The van der Waals surface area contributed by atoms with E-state index in [-0.39, 0.29) is 0 Å². The minimum Gasteiger partial charge on any atom is -0.345 e. The van der Waals surface area contributed by atoms with Gasteiger partial charge in [0.05, 0.1) is 22.9 Å². The monoisotopic (exact) mass is 324 g/mol. The van der Waals surface area contributed by atoms with Gasteiger partial charge >= 0.3 is 0 Å². The van der Waals surface area contributed by atoms with Crippen LogP contribution in [0.15, 0.2) is 5.38 Å². The Bertz CT molecular complexity index is 576. The number of nitrogens with zero attached hydrogens (tertiary/aromatic N) is 3.